The van der Waals surface area contributed by atoms with Gasteiger partial charge in [-0.3, -0.25) is 0 Å². The average molecular weight is 595 g/mol. The molecule has 1 heteroatoms. The second-order valence-corrected chi connectivity index (χ2v) is 13.4. The third kappa shape index (κ3) is 27.9. The van der Waals surface area contributed by atoms with E-state index in [1.54, 1.807) is 0 Å². The van der Waals surface area contributed by atoms with Crippen LogP contribution in [0.4, 0.5) is 0 Å². The molecule has 0 aromatic carbocycles. The van der Waals surface area contributed by atoms with Gasteiger partial charge in [0.25, 0.3) is 0 Å². The lowest BCUT2D eigenvalue weighted by Crippen LogP contribution is -2.38. The predicted octanol–water partition coefficient (Wildman–Crippen LogP) is 14.4. The standard InChI is InChI=1S/C42H76N/c1-3-5-7-9-11-13-15-17-19-21-23-25-27-29-31-34-38-42(43-40-36-33-37-41-43)39-35-32-30-28-26-24-22-20-18-16-14-12-10-8-6-4-2/h17-20,33,36-37,40-42H,3-16,21-32,34-35,38-39H2,1-2H3/q+1/b19-17-,20-18-. The Morgan fingerprint density at radius 2 is 0.674 bits per heavy atom. The van der Waals surface area contributed by atoms with Crippen LogP contribution < -0.4 is 4.57 Å². The molecule has 248 valence electrons. The first kappa shape index (κ1) is 39.7. The second-order valence-electron chi connectivity index (χ2n) is 13.4. The summed E-state index contributed by atoms with van der Waals surface area (Å²) in [6, 6.07) is 7.25. The summed E-state index contributed by atoms with van der Waals surface area (Å²) in [5.41, 5.74) is 0. The largest absolute Gasteiger partial charge is 0.202 e. The molecule has 0 radical (unpaired) electrons. The Bertz CT molecular complexity index is 663. The van der Waals surface area contributed by atoms with Crippen molar-refractivity contribution in [2.75, 3.05) is 0 Å². The van der Waals surface area contributed by atoms with Crippen LogP contribution in [0.2, 0.25) is 0 Å². The SMILES string of the molecule is CCCCCCCC/C=C\CCCCCCCCC(CCCCCCCC/C=C\CCCCCCCC)[n+]1ccccc1. The Morgan fingerprint density at radius 1 is 0.372 bits per heavy atom. The first-order valence-electron chi connectivity index (χ1n) is 19.6. The molecule has 0 amide bonds. The number of hydrogen-bond acceptors (Lipinski definition) is 0. The highest BCUT2D eigenvalue weighted by Gasteiger charge is 2.16. The molecule has 1 rings (SSSR count). The highest BCUT2D eigenvalue weighted by molar-refractivity contribution is 4.84. The van der Waals surface area contributed by atoms with E-state index in [-0.39, 0.29) is 0 Å². The summed E-state index contributed by atoms with van der Waals surface area (Å²) in [5.74, 6) is 0. The van der Waals surface area contributed by atoms with Gasteiger partial charge in [0, 0.05) is 25.0 Å². The minimum absolute atomic E-state index is 0.690. The van der Waals surface area contributed by atoms with Gasteiger partial charge in [0.1, 0.15) is 0 Å². The van der Waals surface area contributed by atoms with E-state index in [0.29, 0.717) is 6.04 Å². The number of nitrogens with zero attached hydrogens (tertiary/aromatic N) is 1. The van der Waals surface area contributed by atoms with E-state index in [1.165, 1.54) is 193 Å². The van der Waals surface area contributed by atoms with Crippen molar-refractivity contribution in [2.24, 2.45) is 0 Å². The first-order valence-corrected chi connectivity index (χ1v) is 19.6. The number of aromatic nitrogens is 1. The van der Waals surface area contributed by atoms with E-state index in [1.807, 2.05) is 0 Å². The molecule has 1 heterocycles. The molecule has 1 aromatic rings. The smallest absolute Gasteiger partial charge is 0.169 e. The fourth-order valence-corrected chi connectivity index (χ4v) is 6.35. The van der Waals surface area contributed by atoms with E-state index in [0.717, 1.165) is 0 Å². The van der Waals surface area contributed by atoms with Crippen LogP contribution in [0.3, 0.4) is 0 Å². The van der Waals surface area contributed by atoms with Crippen LogP contribution in [-0.2, 0) is 0 Å². The molecule has 1 aromatic heterocycles. The predicted molar refractivity (Wildman–Crippen MR) is 194 cm³/mol. The van der Waals surface area contributed by atoms with Gasteiger partial charge >= 0.3 is 0 Å². The van der Waals surface area contributed by atoms with Gasteiger partial charge < -0.3 is 0 Å². The van der Waals surface area contributed by atoms with E-state index in [2.05, 4.69) is 73.3 Å². The van der Waals surface area contributed by atoms with Gasteiger partial charge in [0.05, 0.1) is 0 Å². The monoisotopic (exact) mass is 595 g/mol. The number of rotatable bonds is 33. The molecule has 0 unspecified atom stereocenters. The molecule has 0 aliphatic carbocycles. The molecule has 0 N–H and O–H groups in total. The molecule has 0 saturated heterocycles. The molecule has 0 saturated carbocycles. The van der Waals surface area contributed by atoms with E-state index < -0.39 is 0 Å². The number of hydrogen-bond donors (Lipinski definition) is 0. The van der Waals surface area contributed by atoms with Crippen LogP contribution in [-0.4, -0.2) is 0 Å². The van der Waals surface area contributed by atoms with Crippen molar-refractivity contribution < 1.29 is 4.57 Å². The van der Waals surface area contributed by atoms with Crippen molar-refractivity contribution in [1.29, 1.82) is 0 Å². The minimum atomic E-state index is 0.690. The Hall–Kier alpha value is -1.37. The second kappa shape index (κ2) is 33.5. The molecule has 43 heavy (non-hydrogen) atoms. The van der Waals surface area contributed by atoms with E-state index >= 15 is 0 Å². The van der Waals surface area contributed by atoms with Gasteiger partial charge in [-0.25, -0.2) is 4.57 Å². The molecular weight excluding hydrogens is 518 g/mol. The Morgan fingerprint density at radius 3 is 1.02 bits per heavy atom. The zero-order valence-electron chi connectivity index (χ0n) is 29.4. The molecular formula is C42H76N+. The fourth-order valence-electron chi connectivity index (χ4n) is 6.35. The highest BCUT2D eigenvalue weighted by atomic mass is 15.0. The van der Waals surface area contributed by atoms with Crippen molar-refractivity contribution in [3.63, 3.8) is 0 Å². The molecule has 0 atom stereocenters. The number of pyridine rings is 1. The lowest BCUT2D eigenvalue weighted by Gasteiger charge is -2.12. The van der Waals surface area contributed by atoms with Gasteiger partial charge in [-0.05, 0) is 64.2 Å². The van der Waals surface area contributed by atoms with Crippen molar-refractivity contribution >= 4 is 0 Å². The van der Waals surface area contributed by atoms with Crippen LogP contribution in [0, 0.1) is 0 Å². The van der Waals surface area contributed by atoms with Gasteiger partial charge in [-0.15, -0.1) is 0 Å². The number of unbranched alkanes of at least 4 members (excludes halogenated alkanes) is 24. The Kier molecular flexibility index (Phi) is 30.9. The Balaban J connectivity index is 2.01. The summed E-state index contributed by atoms with van der Waals surface area (Å²) in [4.78, 5) is 0. The van der Waals surface area contributed by atoms with Gasteiger partial charge in [0.15, 0.2) is 18.4 Å². The minimum Gasteiger partial charge on any atom is -0.202 e. The topological polar surface area (TPSA) is 3.88 Å². The molecule has 0 aliphatic rings. The van der Waals surface area contributed by atoms with Crippen LogP contribution in [0.5, 0.6) is 0 Å². The van der Waals surface area contributed by atoms with Crippen LogP contribution in [0.1, 0.15) is 213 Å². The summed E-state index contributed by atoms with van der Waals surface area (Å²) in [7, 11) is 0. The van der Waals surface area contributed by atoms with Gasteiger partial charge in [-0.2, -0.15) is 0 Å². The lowest BCUT2D eigenvalue weighted by atomic mass is 9.99. The van der Waals surface area contributed by atoms with Crippen molar-refractivity contribution in [2.45, 2.75) is 213 Å². The maximum absolute atomic E-state index is 2.50. The van der Waals surface area contributed by atoms with Crippen LogP contribution in [0.25, 0.3) is 0 Å². The summed E-state index contributed by atoms with van der Waals surface area (Å²) < 4.78 is 2.50. The van der Waals surface area contributed by atoms with Crippen LogP contribution >= 0.6 is 0 Å². The number of allylic oxidation sites excluding steroid dienone is 4. The molecule has 0 spiro atoms. The summed E-state index contributed by atoms with van der Waals surface area (Å²) in [6.45, 7) is 4.59. The average Bonchev–Trinajstić information content (AvgIpc) is 3.03. The Labute approximate surface area is 271 Å². The highest BCUT2D eigenvalue weighted by Crippen LogP contribution is 2.20. The van der Waals surface area contributed by atoms with Gasteiger partial charge in [-0.1, -0.05) is 160 Å². The zero-order chi connectivity index (χ0) is 30.7. The fraction of sp³-hybridized carbons (Fsp3) is 0.786. The maximum atomic E-state index is 2.50. The van der Waals surface area contributed by atoms with Crippen LogP contribution in [0.15, 0.2) is 54.9 Å². The van der Waals surface area contributed by atoms with E-state index in [9.17, 15) is 0 Å². The zero-order valence-corrected chi connectivity index (χ0v) is 29.4. The summed E-state index contributed by atoms with van der Waals surface area (Å²) >= 11 is 0. The normalized spacial score (nSPS) is 12.0. The molecule has 0 bridgehead atoms. The summed E-state index contributed by atoms with van der Waals surface area (Å²) in [6.07, 6.45) is 56.0. The molecule has 1 nitrogen and oxygen atoms in total. The first-order chi connectivity index (χ1) is 21.4. The van der Waals surface area contributed by atoms with Gasteiger partial charge in [0.2, 0.25) is 0 Å². The summed E-state index contributed by atoms with van der Waals surface area (Å²) in [5, 5.41) is 0. The molecule has 0 aliphatic heterocycles. The molecule has 0 fully saturated rings. The lowest BCUT2D eigenvalue weighted by molar-refractivity contribution is -0.724. The van der Waals surface area contributed by atoms with Crippen molar-refractivity contribution in [3.05, 3.63) is 54.9 Å². The van der Waals surface area contributed by atoms with E-state index in [4.69, 9.17) is 0 Å². The third-order valence-corrected chi connectivity index (χ3v) is 9.26. The van der Waals surface area contributed by atoms with Crippen molar-refractivity contribution in [3.8, 4) is 0 Å². The van der Waals surface area contributed by atoms with Crippen molar-refractivity contribution in [1.82, 2.24) is 0 Å². The quantitative estimate of drug-likeness (QED) is 0.0433. The third-order valence-electron chi connectivity index (χ3n) is 9.26. The maximum Gasteiger partial charge on any atom is 0.169 e.